The molecule has 1 aromatic heterocycles. The summed E-state index contributed by atoms with van der Waals surface area (Å²) in [6.07, 6.45) is 3.45. The van der Waals surface area contributed by atoms with Crippen LogP contribution in [0.2, 0.25) is 5.02 Å². The Morgan fingerprint density at radius 2 is 1.96 bits per heavy atom. The maximum Gasteiger partial charge on any atom is 0.318 e. The van der Waals surface area contributed by atoms with Crippen molar-refractivity contribution < 1.29 is 9.59 Å². The molecule has 1 heterocycles. The molecule has 6 nitrogen and oxygen atoms in total. The van der Waals surface area contributed by atoms with E-state index in [-0.39, 0.29) is 5.92 Å². The van der Waals surface area contributed by atoms with Gasteiger partial charge in [-0.1, -0.05) is 37.2 Å². The number of aromatic nitrogens is 2. The van der Waals surface area contributed by atoms with E-state index in [1.54, 1.807) is 24.5 Å². The first-order valence-corrected chi connectivity index (χ1v) is 8.20. The molecule has 0 fully saturated rings. The highest BCUT2D eigenvalue weighted by molar-refractivity contribution is 8.00. The molecule has 0 aliphatic heterocycles. The van der Waals surface area contributed by atoms with Crippen LogP contribution in [0, 0.1) is 5.92 Å². The molecule has 0 aliphatic rings. The molecular formula is C15H17ClN4O2S. The number of benzene rings is 1. The van der Waals surface area contributed by atoms with E-state index in [2.05, 4.69) is 10.3 Å². The summed E-state index contributed by atoms with van der Waals surface area (Å²) in [6, 6.07) is 6.43. The number of hydrogen-bond acceptors (Lipinski definition) is 4. The van der Waals surface area contributed by atoms with Crippen LogP contribution in [0.15, 0.2) is 41.8 Å². The van der Waals surface area contributed by atoms with Crippen molar-refractivity contribution in [3.63, 3.8) is 0 Å². The molecular weight excluding hydrogens is 336 g/mol. The Hall–Kier alpha value is -1.99. The van der Waals surface area contributed by atoms with Gasteiger partial charge in [0.15, 0.2) is 5.16 Å². The molecule has 1 aromatic carbocycles. The third-order valence-electron chi connectivity index (χ3n) is 3.05. The van der Waals surface area contributed by atoms with E-state index in [1.807, 2.05) is 30.5 Å². The smallest absolute Gasteiger partial charge is 0.318 e. The third kappa shape index (κ3) is 4.49. The Kier molecular flexibility index (Phi) is 5.68. The van der Waals surface area contributed by atoms with Crippen LogP contribution in [0.4, 0.5) is 4.79 Å². The Morgan fingerprint density at radius 3 is 2.52 bits per heavy atom. The fourth-order valence-electron chi connectivity index (χ4n) is 1.97. The average molecular weight is 353 g/mol. The predicted octanol–water partition coefficient (Wildman–Crippen LogP) is 2.84. The van der Waals surface area contributed by atoms with Gasteiger partial charge in [-0.2, -0.15) is 0 Å². The zero-order valence-corrected chi connectivity index (χ0v) is 14.3. The minimum atomic E-state index is -0.859. The maximum absolute atomic E-state index is 12.1. The standard InChI is InChI=1S/C15H17ClN4O2S/c1-9(2)12(13(21)19-14(17)22)23-15-18-7-8-20(15)11-5-3-10(16)4-6-11/h3-9,12H,1-2H3,(H3,17,19,21,22)/t12-/m1/s1. The lowest BCUT2D eigenvalue weighted by Crippen LogP contribution is -2.42. The van der Waals surface area contributed by atoms with Gasteiger partial charge in [0.05, 0.1) is 5.25 Å². The Balaban J connectivity index is 2.25. The lowest BCUT2D eigenvalue weighted by atomic mass is 10.1. The molecule has 0 spiro atoms. The lowest BCUT2D eigenvalue weighted by Gasteiger charge is -2.19. The molecule has 0 unspecified atom stereocenters. The van der Waals surface area contributed by atoms with E-state index in [0.29, 0.717) is 10.2 Å². The van der Waals surface area contributed by atoms with Crippen LogP contribution in [-0.2, 0) is 4.79 Å². The van der Waals surface area contributed by atoms with Crippen LogP contribution in [0.5, 0.6) is 0 Å². The van der Waals surface area contributed by atoms with Crippen molar-refractivity contribution in [1.29, 1.82) is 0 Å². The second-order valence-electron chi connectivity index (χ2n) is 5.19. The molecule has 0 bridgehead atoms. The summed E-state index contributed by atoms with van der Waals surface area (Å²) in [6.45, 7) is 3.79. The normalized spacial score (nSPS) is 12.2. The number of hydrogen-bond donors (Lipinski definition) is 2. The van der Waals surface area contributed by atoms with E-state index >= 15 is 0 Å². The highest BCUT2D eigenvalue weighted by Gasteiger charge is 2.26. The Bertz CT molecular complexity index is 700. The van der Waals surface area contributed by atoms with Crippen molar-refractivity contribution in [3.8, 4) is 5.69 Å². The highest BCUT2D eigenvalue weighted by Crippen LogP contribution is 2.29. The van der Waals surface area contributed by atoms with Crippen LogP contribution in [-0.4, -0.2) is 26.7 Å². The largest absolute Gasteiger partial charge is 0.351 e. The molecule has 2 aromatic rings. The second-order valence-corrected chi connectivity index (χ2v) is 6.74. The van der Waals surface area contributed by atoms with Gasteiger partial charge in [0, 0.05) is 23.1 Å². The number of nitrogens with one attached hydrogen (secondary N) is 1. The van der Waals surface area contributed by atoms with Gasteiger partial charge in [-0.25, -0.2) is 9.78 Å². The first kappa shape index (κ1) is 17.4. The molecule has 0 saturated carbocycles. The van der Waals surface area contributed by atoms with Crippen molar-refractivity contribution >= 4 is 35.3 Å². The Labute approximate surface area is 143 Å². The summed E-state index contributed by atoms with van der Waals surface area (Å²) in [5, 5.41) is 2.92. The summed E-state index contributed by atoms with van der Waals surface area (Å²) < 4.78 is 1.86. The number of imidazole rings is 1. The van der Waals surface area contributed by atoms with Gasteiger partial charge >= 0.3 is 6.03 Å². The average Bonchev–Trinajstić information content (AvgIpc) is 2.92. The SMILES string of the molecule is CC(C)[C@@H](Sc1nccn1-c1ccc(Cl)cc1)C(=O)NC(N)=O. The van der Waals surface area contributed by atoms with Gasteiger partial charge in [-0.05, 0) is 30.2 Å². The molecule has 23 heavy (non-hydrogen) atoms. The van der Waals surface area contributed by atoms with E-state index in [0.717, 1.165) is 5.69 Å². The van der Waals surface area contributed by atoms with Crippen LogP contribution in [0.3, 0.4) is 0 Å². The van der Waals surface area contributed by atoms with Gasteiger partial charge in [0.1, 0.15) is 0 Å². The summed E-state index contributed by atoms with van der Waals surface area (Å²) in [7, 11) is 0. The monoisotopic (exact) mass is 352 g/mol. The van der Waals surface area contributed by atoms with Crippen molar-refractivity contribution in [2.45, 2.75) is 24.3 Å². The molecule has 0 saturated heterocycles. The second kappa shape index (κ2) is 7.52. The fourth-order valence-corrected chi connectivity index (χ4v) is 3.17. The zero-order chi connectivity index (χ0) is 17.0. The number of imide groups is 1. The van der Waals surface area contributed by atoms with E-state index in [9.17, 15) is 9.59 Å². The number of rotatable bonds is 5. The fraction of sp³-hybridized carbons (Fsp3) is 0.267. The first-order valence-electron chi connectivity index (χ1n) is 6.94. The lowest BCUT2D eigenvalue weighted by molar-refractivity contribution is -0.120. The number of carbonyl (C=O) groups is 2. The summed E-state index contributed by atoms with van der Waals surface area (Å²) in [5.74, 6) is -0.433. The van der Waals surface area contributed by atoms with E-state index in [4.69, 9.17) is 17.3 Å². The van der Waals surface area contributed by atoms with Crippen LogP contribution in [0.1, 0.15) is 13.8 Å². The van der Waals surface area contributed by atoms with Crippen LogP contribution < -0.4 is 11.1 Å². The third-order valence-corrected chi connectivity index (χ3v) is 4.83. The highest BCUT2D eigenvalue weighted by atomic mass is 35.5. The van der Waals surface area contributed by atoms with Crippen molar-refractivity contribution in [3.05, 3.63) is 41.7 Å². The molecule has 1 atom stereocenters. The maximum atomic E-state index is 12.1. The zero-order valence-electron chi connectivity index (χ0n) is 12.7. The van der Waals surface area contributed by atoms with E-state index in [1.165, 1.54) is 11.8 Å². The molecule has 8 heteroatoms. The molecule has 2 rings (SSSR count). The molecule has 0 radical (unpaired) electrons. The quantitative estimate of drug-likeness (QED) is 0.809. The predicted molar refractivity (Wildman–Crippen MR) is 90.8 cm³/mol. The number of primary amides is 1. The number of urea groups is 1. The van der Waals surface area contributed by atoms with Crippen molar-refractivity contribution in [1.82, 2.24) is 14.9 Å². The molecule has 3 amide bonds. The number of thioether (sulfide) groups is 1. The van der Waals surface area contributed by atoms with Gasteiger partial charge in [0.2, 0.25) is 5.91 Å². The topological polar surface area (TPSA) is 90.0 Å². The van der Waals surface area contributed by atoms with Crippen molar-refractivity contribution in [2.75, 3.05) is 0 Å². The summed E-state index contributed by atoms with van der Waals surface area (Å²) in [5.41, 5.74) is 5.91. The number of amides is 3. The van der Waals surface area contributed by atoms with Gasteiger partial charge < -0.3 is 5.73 Å². The number of carbonyl (C=O) groups excluding carboxylic acids is 2. The number of halogens is 1. The Morgan fingerprint density at radius 1 is 1.30 bits per heavy atom. The van der Waals surface area contributed by atoms with Gasteiger partial charge in [-0.3, -0.25) is 14.7 Å². The van der Waals surface area contributed by atoms with Crippen molar-refractivity contribution in [2.24, 2.45) is 11.7 Å². The molecule has 0 aliphatic carbocycles. The number of nitrogens with zero attached hydrogens (tertiary/aromatic N) is 2. The first-order chi connectivity index (χ1) is 10.9. The molecule has 3 N–H and O–H groups in total. The molecule has 122 valence electrons. The summed E-state index contributed by atoms with van der Waals surface area (Å²) in [4.78, 5) is 27.3. The van der Waals surface area contributed by atoms with Crippen LogP contribution >= 0.6 is 23.4 Å². The summed E-state index contributed by atoms with van der Waals surface area (Å²) >= 11 is 7.18. The van der Waals surface area contributed by atoms with Gasteiger partial charge in [0.25, 0.3) is 0 Å². The minimum Gasteiger partial charge on any atom is -0.351 e. The van der Waals surface area contributed by atoms with E-state index < -0.39 is 17.2 Å². The van der Waals surface area contributed by atoms with Crippen LogP contribution in [0.25, 0.3) is 5.69 Å². The minimum absolute atomic E-state index is 0.00489. The van der Waals surface area contributed by atoms with Gasteiger partial charge in [-0.15, -0.1) is 0 Å². The number of nitrogens with two attached hydrogens (primary N) is 1.